The summed E-state index contributed by atoms with van der Waals surface area (Å²) < 4.78 is 17.0. The molecule has 138 valence electrons. The van der Waals surface area contributed by atoms with Crippen molar-refractivity contribution in [3.8, 4) is 0 Å². The van der Waals surface area contributed by atoms with Gasteiger partial charge in [-0.2, -0.15) is 0 Å². The Hall–Kier alpha value is -1.69. The Bertz CT molecular complexity index is 784. The first-order chi connectivity index (χ1) is 12.5. The van der Waals surface area contributed by atoms with E-state index < -0.39 is 10.8 Å². The lowest BCUT2D eigenvalue weighted by Gasteiger charge is -2.38. The fraction of sp³-hybridized carbons (Fsp3) is 0.350. The number of carbonyl (C=O) groups is 1. The summed E-state index contributed by atoms with van der Waals surface area (Å²) in [5, 5.41) is 3.77. The highest BCUT2D eigenvalue weighted by Gasteiger charge is 2.34. The third kappa shape index (κ3) is 4.34. The van der Waals surface area contributed by atoms with E-state index in [9.17, 15) is 9.00 Å². The fourth-order valence-corrected chi connectivity index (χ4v) is 3.93. The Kier molecular flexibility index (Phi) is 6.12. The summed E-state index contributed by atoms with van der Waals surface area (Å²) in [7, 11) is -1.05. The zero-order valence-corrected chi connectivity index (χ0v) is 16.2. The molecule has 0 aromatic heterocycles. The molecule has 1 unspecified atom stereocenters. The van der Waals surface area contributed by atoms with E-state index in [1.807, 2.05) is 24.3 Å². The van der Waals surface area contributed by atoms with Gasteiger partial charge in [0.15, 0.2) is 0 Å². The summed E-state index contributed by atoms with van der Waals surface area (Å²) in [5.41, 5.74) is 1.59. The molecule has 2 aromatic carbocycles. The minimum absolute atomic E-state index is 0.127. The molecule has 1 fully saturated rings. The van der Waals surface area contributed by atoms with Crippen LogP contribution < -0.4 is 5.32 Å². The summed E-state index contributed by atoms with van der Waals surface area (Å²) in [6, 6.07) is 14.7. The van der Waals surface area contributed by atoms with Gasteiger partial charge < -0.3 is 10.1 Å². The van der Waals surface area contributed by atoms with Gasteiger partial charge in [-0.05, 0) is 54.8 Å². The van der Waals surface area contributed by atoms with Gasteiger partial charge in [-0.3, -0.25) is 9.00 Å². The predicted octanol–water partition coefficient (Wildman–Crippen LogP) is 3.56. The van der Waals surface area contributed by atoms with Crippen molar-refractivity contribution >= 4 is 28.3 Å². The molecule has 0 aliphatic carbocycles. The smallest absolute Gasteiger partial charge is 0.251 e. The van der Waals surface area contributed by atoms with E-state index >= 15 is 0 Å². The number of halogens is 1. The zero-order valence-electron chi connectivity index (χ0n) is 14.7. The second-order valence-corrected chi connectivity index (χ2v) is 8.38. The van der Waals surface area contributed by atoms with Crippen LogP contribution in [0.4, 0.5) is 0 Å². The second kappa shape index (κ2) is 8.33. The van der Waals surface area contributed by atoms with Crippen LogP contribution >= 0.6 is 11.6 Å². The maximum Gasteiger partial charge on any atom is 0.251 e. The van der Waals surface area contributed by atoms with Crippen LogP contribution in [0.15, 0.2) is 53.4 Å². The number of carbonyl (C=O) groups excluding carboxylic acids is 1. The first-order valence-corrected chi connectivity index (χ1v) is 10.5. The highest BCUT2D eigenvalue weighted by atomic mass is 35.5. The Labute approximate surface area is 161 Å². The molecule has 1 N–H and O–H groups in total. The molecule has 1 heterocycles. The van der Waals surface area contributed by atoms with Crippen LogP contribution in [0.3, 0.4) is 0 Å². The predicted molar refractivity (Wildman–Crippen MR) is 104 cm³/mol. The average molecular weight is 392 g/mol. The Morgan fingerprint density at radius 1 is 1.12 bits per heavy atom. The average Bonchev–Trinajstić information content (AvgIpc) is 2.67. The normalized spacial score (nSPS) is 17.5. The SMILES string of the molecule is CS(=O)c1ccc(C(=O)NCC2(c3ccc(Cl)cc3)CCOCC2)cc1. The van der Waals surface area contributed by atoms with Gasteiger partial charge in [0.2, 0.25) is 0 Å². The third-order valence-electron chi connectivity index (χ3n) is 4.94. The van der Waals surface area contributed by atoms with Crippen molar-refractivity contribution in [3.05, 3.63) is 64.7 Å². The van der Waals surface area contributed by atoms with Gasteiger partial charge in [-0.25, -0.2) is 0 Å². The molecular formula is C20H22ClNO3S. The van der Waals surface area contributed by atoms with E-state index in [-0.39, 0.29) is 11.3 Å². The van der Waals surface area contributed by atoms with Crippen LogP contribution in [0.2, 0.25) is 5.02 Å². The zero-order chi connectivity index (χ0) is 18.6. The summed E-state index contributed by atoms with van der Waals surface area (Å²) >= 11 is 6.02. The number of benzene rings is 2. The number of rotatable bonds is 5. The van der Waals surface area contributed by atoms with E-state index in [1.54, 1.807) is 30.5 Å². The molecule has 1 atom stereocenters. The summed E-state index contributed by atoms with van der Waals surface area (Å²) in [4.78, 5) is 13.3. The summed E-state index contributed by atoms with van der Waals surface area (Å²) in [6.07, 6.45) is 3.32. The van der Waals surface area contributed by atoms with Crippen molar-refractivity contribution in [3.63, 3.8) is 0 Å². The van der Waals surface area contributed by atoms with Crippen LogP contribution in [0, 0.1) is 0 Å². The molecule has 1 aliphatic heterocycles. The van der Waals surface area contributed by atoms with E-state index in [4.69, 9.17) is 16.3 Å². The minimum Gasteiger partial charge on any atom is -0.381 e. The van der Waals surface area contributed by atoms with Gasteiger partial charge in [0.05, 0.1) is 0 Å². The van der Waals surface area contributed by atoms with Crippen LogP contribution in [0.1, 0.15) is 28.8 Å². The largest absolute Gasteiger partial charge is 0.381 e. The molecule has 2 aromatic rings. The third-order valence-corrected chi connectivity index (χ3v) is 6.13. The highest BCUT2D eigenvalue weighted by Crippen LogP contribution is 2.35. The molecule has 0 radical (unpaired) electrons. The van der Waals surface area contributed by atoms with Gasteiger partial charge in [-0.1, -0.05) is 23.7 Å². The molecule has 4 nitrogen and oxygen atoms in total. The first kappa shape index (κ1) is 19.1. The van der Waals surface area contributed by atoms with Crippen molar-refractivity contribution < 1.29 is 13.7 Å². The van der Waals surface area contributed by atoms with E-state index in [1.165, 1.54) is 5.56 Å². The molecule has 0 saturated carbocycles. The topological polar surface area (TPSA) is 55.4 Å². The minimum atomic E-state index is -1.05. The molecule has 0 bridgehead atoms. The van der Waals surface area contributed by atoms with Crippen molar-refractivity contribution in [1.29, 1.82) is 0 Å². The lowest BCUT2D eigenvalue weighted by atomic mass is 9.74. The molecule has 3 rings (SSSR count). The van der Waals surface area contributed by atoms with Crippen LogP contribution in [-0.4, -0.2) is 36.1 Å². The lowest BCUT2D eigenvalue weighted by Crippen LogP contribution is -2.44. The molecule has 26 heavy (non-hydrogen) atoms. The summed E-state index contributed by atoms with van der Waals surface area (Å²) in [5.74, 6) is -0.127. The molecule has 1 saturated heterocycles. The monoisotopic (exact) mass is 391 g/mol. The van der Waals surface area contributed by atoms with Gasteiger partial charge in [0, 0.05) is 57.7 Å². The summed E-state index contributed by atoms with van der Waals surface area (Å²) in [6.45, 7) is 1.89. The van der Waals surface area contributed by atoms with Gasteiger partial charge in [0.1, 0.15) is 0 Å². The van der Waals surface area contributed by atoms with Gasteiger partial charge in [-0.15, -0.1) is 0 Å². The van der Waals surface area contributed by atoms with Gasteiger partial charge >= 0.3 is 0 Å². The maximum atomic E-state index is 12.6. The van der Waals surface area contributed by atoms with Crippen molar-refractivity contribution in [2.75, 3.05) is 26.0 Å². The molecule has 6 heteroatoms. The highest BCUT2D eigenvalue weighted by molar-refractivity contribution is 7.84. The van der Waals surface area contributed by atoms with Gasteiger partial charge in [0.25, 0.3) is 5.91 Å². The van der Waals surface area contributed by atoms with E-state index in [2.05, 4.69) is 5.32 Å². The molecule has 1 aliphatic rings. The molecule has 0 spiro atoms. The number of hydrogen-bond donors (Lipinski definition) is 1. The Morgan fingerprint density at radius 3 is 2.31 bits per heavy atom. The Balaban J connectivity index is 1.74. The van der Waals surface area contributed by atoms with E-state index in [0.717, 1.165) is 12.8 Å². The number of hydrogen-bond acceptors (Lipinski definition) is 3. The number of nitrogens with one attached hydrogen (secondary N) is 1. The van der Waals surface area contributed by atoms with Crippen LogP contribution in [-0.2, 0) is 21.0 Å². The maximum absolute atomic E-state index is 12.6. The fourth-order valence-electron chi connectivity index (χ4n) is 3.28. The quantitative estimate of drug-likeness (QED) is 0.847. The first-order valence-electron chi connectivity index (χ1n) is 8.56. The van der Waals surface area contributed by atoms with Crippen molar-refractivity contribution in [2.24, 2.45) is 0 Å². The van der Waals surface area contributed by atoms with Crippen LogP contribution in [0.25, 0.3) is 0 Å². The second-order valence-electron chi connectivity index (χ2n) is 6.56. The van der Waals surface area contributed by atoms with Crippen molar-refractivity contribution in [2.45, 2.75) is 23.2 Å². The van der Waals surface area contributed by atoms with Crippen molar-refractivity contribution in [1.82, 2.24) is 5.32 Å². The number of ether oxygens (including phenoxy) is 1. The number of amides is 1. The van der Waals surface area contributed by atoms with E-state index in [0.29, 0.717) is 35.2 Å². The standard InChI is InChI=1S/C20H22ClNO3S/c1-26(24)18-8-2-15(3-9-18)19(23)22-14-20(10-12-25-13-11-20)16-4-6-17(21)7-5-16/h2-9H,10-14H2,1H3,(H,22,23). The Morgan fingerprint density at radius 2 is 1.73 bits per heavy atom. The van der Waals surface area contributed by atoms with Crippen LogP contribution in [0.5, 0.6) is 0 Å². The molecule has 1 amide bonds. The lowest BCUT2D eigenvalue weighted by molar-refractivity contribution is 0.0487. The molecular weight excluding hydrogens is 370 g/mol.